The Morgan fingerprint density at radius 2 is 1.77 bits per heavy atom. The summed E-state index contributed by atoms with van der Waals surface area (Å²) in [7, 11) is 0. The van der Waals surface area contributed by atoms with Gasteiger partial charge in [-0.05, 0) is 30.3 Å². The number of halogens is 2. The summed E-state index contributed by atoms with van der Waals surface area (Å²) in [4.78, 5) is 21.3. The number of carbonyl (C=O) groups is 1. The number of ketones is 1. The molecule has 0 radical (unpaired) electrons. The van der Waals surface area contributed by atoms with Crippen molar-refractivity contribution in [1.82, 2.24) is 9.97 Å². The van der Waals surface area contributed by atoms with E-state index in [0.29, 0.717) is 38.2 Å². The zero-order chi connectivity index (χ0) is 18.3. The van der Waals surface area contributed by atoms with Crippen LogP contribution in [0.3, 0.4) is 0 Å². The van der Waals surface area contributed by atoms with E-state index in [9.17, 15) is 4.79 Å². The number of carbonyl (C=O) groups excluding carboxylic acids is 1. The van der Waals surface area contributed by atoms with Crippen molar-refractivity contribution in [3.8, 4) is 11.3 Å². The lowest BCUT2D eigenvalue weighted by Gasteiger charge is -2.17. The van der Waals surface area contributed by atoms with Crippen LogP contribution in [0, 0.1) is 0 Å². The van der Waals surface area contributed by atoms with E-state index in [1.807, 2.05) is 18.2 Å². The molecule has 3 aromatic rings. The number of Topliss-reactive ketones (excluding diaryl/α,β-unsaturated/α-hetero) is 1. The van der Waals surface area contributed by atoms with Gasteiger partial charge in [-0.2, -0.15) is 10.2 Å². The van der Waals surface area contributed by atoms with Crippen LogP contribution in [0.5, 0.6) is 0 Å². The Kier molecular flexibility index (Phi) is 4.14. The number of rotatable bonds is 2. The van der Waals surface area contributed by atoms with Gasteiger partial charge < -0.3 is 5.73 Å². The molecule has 1 aliphatic heterocycles. The summed E-state index contributed by atoms with van der Waals surface area (Å²) in [5, 5.41) is 9.18. The minimum atomic E-state index is -0.910. The molecule has 1 aromatic heterocycles. The molecule has 2 aromatic carbocycles. The van der Waals surface area contributed by atoms with Crippen molar-refractivity contribution in [2.75, 3.05) is 5.73 Å². The second-order valence-electron chi connectivity index (χ2n) is 5.66. The summed E-state index contributed by atoms with van der Waals surface area (Å²) in [6.45, 7) is 0. The van der Waals surface area contributed by atoms with Crippen LogP contribution in [0.4, 0.5) is 11.6 Å². The molecule has 0 aliphatic carbocycles. The Morgan fingerprint density at radius 3 is 2.58 bits per heavy atom. The number of anilines is 1. The molecule has 6 nitrogen and oxygen atoms in total. The predicted molar refractivity (Wildman–Crippen MR) is 99.9 cm³/mol. The Bertz CT molecular complexity index is 1070. The van der Waals surface area contributed by atoms with Crippen molar-refractivity contribution in [1.29, 1.82) is 0 Å². The van der Waals surface area contributed by atoms with Crippen LogP contribution in [0.1, 0.15) is 22.1 Å². The fourth-order valence-corrected chi connectivity index (χ4v) is 3.14. The van der Waals surface area contributed by atoms with E-state index in [4.69, 9.17) is 28.9 Å². The molecule has 2 N–H and O–H groups in total. The van der Waals surface area contributed by atoms with Gasteiger partial charge in [0.25, 0.3) is 0 Å². The van der Waals surface area contributed by atoms with Gasteiger partial charge in [0.1, 0.15) is 0 Å². The third-order valence-corrected chi connectivity index (χ3v) is 4.51. The van der Waals surface area contributed by atoms with Crippen LogP contribution in [-0.4, -0.2) is 15.8 Å². The third-order valence-electron chi connectivity index (χ3n) is 3.95. The summed E-state index contributed by atoms with van der Waals surface area (Å²) in [5.74, 6) is -0.224. The molecule has 0 amide bonds. The molecule has 26 heavy (non-hydrogen) atoms. The maximum Gasteiger partial charge on any atom is 0.220 e. The predicted octanol–water partition coefficient (Wildman–Crippen LogP) is 5.05. The van der Waals surface area contributed by atoms with E-state index in [1.165, 1.54) is 0 Å². The lowest BCUT2D eigenvalue weighted by atomic mass is 9.98. The highest BCUT2D eigenvalue weighted by Gasteiger charge is 2.30. The summed E-state index contributed by atoms with van der Waals surface area (Å²) >= 11 is 12.2. The molecular formula is C18H11Cl2N5O. The lowest BCUT2D eigenvalue weighted by Crippen LogP contribution is -2.16. The Morgan fingerprint density at radius 1 is 0.962 bits per heavy atom. The van der Waals surface area contributed by atoms with Crippen molar-refractivity contribution in [3.63, 3.8) is 0 Å². The minimum absolute atomic E-state index is 0.0253. The van der Waals surface area contributed by atoms with Crippen LogP contribution in [0.25, 0.3) is 11.3 Å². The van der Waals surface area contributed by atoms with Crippen LogP contribution in [0.2, 0.25) is 10.0 Å². The first kappa shape index (κ1) is 16.6. The molecule has 0 bridgehead atoms. The number of azo groups is 1. The quantitative estimate of drug-likeness (QED) is 0.669. The van der Waals surface area contributed by atoms with Gasteiger partial charge in [0.2, 0.25) is 5.95 Å². The van der Waals surface area contributed by atoms with Crippen molar-refractivity contribution in [3.05, 3.63) is 69.8 Å². The van der Waals surface area contributed by atoms with Crippen LogP contribution in [-0.2, 0) is 0 Å². The average molecular weight is 384 g/mol. The maximum absolute atomic E-state index is 12.9. The van der Waals surface area contributed by atoms with Gasteiger partial charge in [0.05, 0.1) is 17.1 Å². The van der Waals surface area contributed by atoms with Gasteiger partial charge in [0.15, 0.2) is 11.8 Å². The van der Waals surface area contributed by atoms with Gasteiger partial charge in [-0.25, -0.2) is 9.97 Å². The highest BCUT2D eigenvalue weighted by atomic mass is 35.5. The van der Waals surface area contributed by atoms with Gasteiger partial charge in [0, 0.05) is 21.2 Å². The average Bonchev–Trinajstić information content (AvgIpc) is 2.62. The standard InChI is InChI=1S/C18H11Cl2N5O/c19-9-5-6-13-11(7-9)17(26)16(25-24-13)15-8-14(22-18(21)23-15)10-3-1-2-4-12(10)20/h1-8,16H,(H2,21,22,23). The monoisotopic (exact) mass is 383 g/mol. The number of nitrogen functional groups attached to an aromatic ring is 1. The van der Waals surface area contributed by atoms with Crippen molar-refractivity contribution in [2.24, 2.45) is 10.2 Å². The van der Waals surface area contributed by atoms with Gasteiger partial charge >= 0.3 is 0 Å². The number of fused-ring (bicyclic) bond motifs is 1. The number of hydrogen-bond donors (Lipinski definition) is 1. The van der Waals surface area contributed by atoms with E-state index in [1.54, 1.807) is 30.3 Å². The number of hydrogen-bond acceptors (Lipinski definition) is 6. The molecule has 0 saturated heterocycles. The molecule has 4 rings (SSSR count). The van der Waals surface area contributed by atoms with Gasteiger partial charge in [-0.15, -0.1) is 0 Å². The van der Waals surface area contributed by atoms with Gasteiger partial charge in [-0.1, -0.05) is 41.4 Å². The summed E-state index contributed by atoms with van der Waals surface area (Å²) in [5.41, 5.74) is 8.27. The first-order valence-corrected chi connectivity index (χ1v) is 8.42. The number of nitrogens with zero attached hydrogens (tertiary/aromatic N) is 4. The molecular weight excluding hydrogens is 373 g/mol. The molecule has 1 aliphatic rings. The highest BCUT2D eigenvalue weighted by molar-refractivity contribution is 6.33. The fourth-order valence-electron chi connectivity index (χ4n) is 2.74. The molecule has 0 spiro atoms. The van der Waals surface area contributed by atoms with E-state index < -0.39 is 6.04 Å². The van der Waals surface area contributed by atoms with Crippen LogP contribution in [0.15, 0.2) is 58.8 Å². The molecule has 0 saturated carbocycles. The first-order valence-electron chi connectivity index (χ1n) is 7.67. The van der Waals surface area contributed by atoms with E-state index in [-0.39, 0.29) is 11.7 Å². The van der Waals surface area contributed by atoms with Crippen LogP contribution < -0.4 is 5.73 Å². The molecule has 0 fully saturated rings. The highest BCUT2D eigenvalue weighted by Crippen LogP contribution is 2.36. The zero-order valence-electron chi connectivity index (χ0n) is 13.2. The molecule has 1 unspecified atom stereocenters. The van der Waals surface area contributed by atoms with Crippen molar-refractivity contribution < 1.29 is 4.79 Å². The Labute approximate surface area is 158 Å². The smallest absolute Gasteiger partial charge is 0.220 e. The maximum atomic E-state index is 12.9. The van der Waals surface area contributed by atoms with Crippen LogP contribution >= 0.6 is 23.2 Å². The lowest BCUT2D eigenvalue weighted by molar-refractivity contribution is 0.0954. The molecule has 2 heterocycles. The van der Waals surface area contributed by atoms with E-state index in [0.717, 1.165) is 0 Å². The Hall–Kier alpha value is -2.83. The summed E-state index contributed by atoms with van der Waals surface area (Å²) in [6, 6.07) is 12.8. The largest absolute Gasteiger partial charge is 0.368 e. The summed E-state index contributed by atoms with van der Waals surface area (Å²) < 4.78 is 0. The summed E-state index contributed by atoms with van der Waals surface area (Å²) in [6.07, 6.45) is 0. The zero-order valence-corrected chi connectivity index (χ0v) is 14.7. The number of benzene rings is 2. The number of aromatic nitrogens is 2. The van der Waals surface area contributed by atoms with Gasteiger partial charge in [-0.3, -0.25) is 4.79 Å². The molecule has 8 heteroatoms. The van der Waals surface area contributed by atoms with Crippen molar-refractivity contribution in [2.45, 2.75) is 6.04 Å². The topological polar surface area (TPSA) is 93.6 Å². The van der Waals surface area contributed by atoms with Crippen molar-refractivity contribution >= 4 is 40.6 Å². The van der Waals surface area contributed by atoms with E-state index in [2.05, 4.69) is 20.2 Å². The SMILES string of the molecule is Nc1nc(-c2ccccc2Cl)cc(C2N=Nc3ccc(Cl)cc3C2=O)n1. The first-order chi connectivity index (χ1) is 12.5. The fraction of sp³-hybridized carbons (Fsp3) is 0.0556. The second-order valence-corrected chi connectivity index (χ2v) is 6.50. The third kappa shape index (κ3) is 2.94. The molecule has 1 atom stereocenters. The second kappa shape index (κ2) is 6.48. The Balaban J connectivity index is 1.80. The van der Waals surface area contributed by atoms with E-state index >= 15 is 0 Å². The normalized spacial score (nSPS) is 15.8. The number of nitrogens with two attached hydrogens (primary N) is 1. The minimum Gasteiger partial charge on any atom is -0.368 e. The molecule has 128 valence electrons.